The SMILES string of the molecule is CC(O)c1ccnc(N(CC(F)(F)F)C2CC2)c1. The first-order valence-corrected chi connectivity index (χ1v) is 5.84. The van der Waals surface area contributed by atoms with Crippen molar-refractivity contribution in [3.63, 3.8) is 0 Å². The second-order valence-electron chi connectivity index (χ2n) is 4.60. The summed E-state index contributed by atoms with van der Waals surface area (Å²) in [4.78, 5) is 5.25. The number of hydrogen-bond acceptors (Lipinski definition) is 3. The van der Waals surface area contributed by atoms with Crippen molar-refractivity contribution >= 4 is 5.82 Å². The summed E-state index contributed by atoms with van der Waals surface area (Å²) in [6.45, 7) is 0.582. The molecule has 0 aliphatic heterocycles. The Hall–Kier alpha value is -1.30. The fourth-order valence-electron chi connectivity index (χ4n) is 1.83. The monoisotopic (exact) mass is 260 g/mol. The van der Waals surface area contributed by atoms with Crippen molar-refractivity contribution in [2.75, 3.05) is 11.4 Å². The van der Waals surface area contributed by atoms with Gasteiger partial charge in [0.1, 0.15) is 12.4 Å². The topological polar surface area (TPSA) is 36.4 Å². The second kappa shape index (κ2) is 4.76. The molecule has 0 spiro atoms. The molecule has 1 fully saturated rings. The fourth-order valence-corrected chi connectivity index (χ4v) is 1.83. The van der Waals surface area contributed by atoms with Crippen LogP contribution in [0.3, 0.4) is 0 Å². The Kier molecular flexibility index (Phi) is 3.47. The lowest BCUT2D eigenvalue weighted by molar-refractivity contribution is -0.120. The summed E-state index contributed by atoms with van der Waals surface area (Å²) in [5.74, 6) is 0.285. The van der Waals surface area contributed by atoms with Crippen molar-refractivity contribution in [1.82, 2.24) is 4.98 Å². The minimum atomic E-state index is -4.24. The maximum atomic E-state index is 12.5. The van der Waals surface area contributed by atoms with Gasteiger partial charge in [-0.1, -0.05) is 0 Å². The third-order valence-electron chi connectivity index (χ3n) is 2.88. The Balaban J connectivity index is 2.22. The zero-order valence-corrected chi connectivity index (χ0v) is 9.98. The third kappa shape index (κ3) is 3.35. The van der Waals surface area contributed by atoms with Crippen LogP contribution in [0.15, 0.2) is 18.3 Å². The van der Waals surface area contributed by atoms with Crippen molar-refractivity contribution < 1.29 is 18.3 Å². The molecule has 1 aliphatic rings. The van der Waals surface area contributed by atoms with Gasteiger partial charge in [-0.3, -0.25) is 0 Å². The molecule has 1 N–H and O–H groups in total. The van der Waals surface area contributed by atoms with Crippen molar-refractivity contribution in [2.24, 2.45) is 0 Å². The first-order valence-electron chi connectivity index (χ1n) is 5.84. The summed E-state index contributed by atoms with van der Waals surface area (Å²) in [5, 5.41) is 9.45. The van der Waals surface area contributed by atoms with Crippen molar-refractivity contribution in [1.29, 1.82) is 0 Å². The molecule has 2 rings (SSSR count). The average molecular weight is 260 g/mol. The summed E-state index contributed by atoms with van der Waals surface area (Å²) in [6.07, 6.45) is -2.00. The van der Waals surface area contributed by atoms with E-state index < -0.39 is 18.8 Å². The number of anilines is 1. The first kappa shape index (κ1) is 13.1. The molecule has 18 heavy (non-hydrogen) atoms. The molecule has 1 heterocycles. The van der Waals surface area contributed by atoms with Crippen LogP contribution >= 0.6 is 0 Å². The molecule has 6 heteroatoms. The lowest BCUT2D eigenvalue weighted by atomic mass is 10.1. The number of rotatable bonds is 4. The minimum Gasteiger partial charge on any atom is -0.389 e. The zero-order valence-electron chi connectivity index (χ0n) is 9.98. The molecule has 0 bridgehead atoms. The van der Waals surface area contributed by atoms with Gasteiger partial charge in [0.05, 0.1) is 6.10 Å². The Morgan fingerprint density at radius 1 is 1.50 bits per heavy atom. The Morgan fingerprint density at radius 2 is 2.17 bits per heavy atom. The van der Waals surface area contributed by atoms with E-state index in [1.54, 1.807) is 13.0 Å². The molecule has 1 aliphatic carbocycles. The van der Waals surface area contributed by atoms with Crippen molar-refractivity contribution in [3.05, 3.63) is 23.9 Å². The second-order valence-corrected chi connectivity index (χ2v) is 4.60. The molecule has 0 amide bonds. The number of hydrogen-bond donors (Lipinski definition) is 1. The van der Waals surface area contributed by atoms with Crippen LogP contribution in [0, 0.1) is 0 Å². The molecule has 1 aromatic heterocycles. The van der Waals surface area contributed by atoms with Crippen LogP contribution in [0.4, 0.5) is 19.0 Å². The van der Waals surface area contributed by atoms with Crippen LogP contribution in [0.1, 0.15) is 31.4 Å². The maximum absolute atomic E-state index is 12.5. The van der Waals surface area contributed by atoms with E-state index in [9.17, 15) is 18.3 Å². The number of aromatic nitrogens is 1. The van der Waals surface area contributed by atoms with Crippen LogP contribution in [-0.2, 0) is 0 Å². The highest BCUT2D eigenvalue weighted by atomic mass is 19.4. The third-order valence-corrected chi connectivity index (χ3v) is 2.88. The van der Waals surface area contributed by atoms with E-state index in [1.807, 2.05) is 0 Å². The smallest absolute Gasteiger partial charge is 0.389 e. The van der Waals surface area contributed by atoms with Crippen LogP contribution in [-0.4, -0.2) is 28.9 Å². The van der Waals surface area contributed by atoms with Gasteiger partial charge in [-0.2, -0.15) is 13.2 Å². The highest BCUT2D eigenvalue weighted by Gasteiger charge is 2.38. The predicted octanol–water partition coefficient (Wildman–Crippen LogP) is 2.67. The molecule has 1 atom stereocenters. The Bertz CT molecular complexity index is 416. The number of aliphatic hydroxyl groups is 1. The van der Waals surface area contributed by atoms with Gasteiger partial charge in [0, 0.05) is 12.2 Å². The minimum absolute atomic E-state index is 0.0802. The van der Waals surface area contributed by atoms with E-state index >= 15 is 0 Å². The summed E-state index contributed by atoms with van der Waals surface area (Å²) in [6, 6.07) is 3.05. The van der Waals surface area contributed by atoms with Gasteiger partial charge in [0.15, 0.2) is 0 Å². The van der Waals surface area contributed by atoms with Gasteiger partial charge in [0.2, 0.25) is 0 Å². The zero-order chi connectivity index (χ0) is 13.3. The predicted molar refractivity (Wildman–Crippen MR) is 61.3 cm³/mol. The van der Waals surface area contributed by atoms with E-state index in [0.29, 0.717) is 5.56 Å². The Labute approximate surface area is 103 Å². The van der Waals surface area contributed by atoms with E-state index in [-0.39, 0.29) is 11.9 Å². The van der Waals surface area contributed by atoms with E-state index in [4.69, 9.17) is 0 Å². The number of alkyl halides is 3. The average Bonchev–Trinajstić information content (AvgIpc) is 3.08. The molecule has 0 radical (unpaired) electrons. The van der Waals surface area contributed by atoms with Gasteiger partial charge in [0.25, 0.3) is 0 Å². The van der Waals surface area contributed by atoms with E-state index in [0.717, 1.165) is 12.8 Å². The van der Waals surface area contributed by atoms with Crippen LogP contribution in [0.2, 0.25) is 0 Å². The largest absolute Gasteiger partial charge is 0.405 e. The number of halogens is 3. The highest BCUT2D eigenvalue weighted by Crippen LogP contribution is 2.34. The van der Waals surface area contributed by atoms with Crippen molar-refractivity contribution in [3.8, 4) is 0 Å². The molecule has 1 saturated carbocycles. The quantitative estimate of drug-likeness (QED) is 0.904. The standard InChI is InChI=1S/C12H15F3N2O/c1-8(18)9-4-5-16-11(6-9)17(10-2-3-10)7-12(13,14)15/h4-6,8,10,18H,2-3,7H2,1H3. The number of aliphatic hydroxyl groups excluding tert-OH is 1. The van der Waals surface area contributed by atoms with Gasteiger partial charge >= 0.3 is 6.18 Å². The van der Waals surface area contributed by atoms with E-state index in [1.165, 1.54) is 17.2 Å². The summed E-state index contributed by atoms with van der Waals surface area (Å²) in [5.41, 5.74) is 0.577. The summed E-state index contributed by atoms with van der Waals surface area (Å²) in [7, 11) is 0. The normalized spacial score (nSPS) is 17.6. The molecular formula is C12H15F3N2O. The van der Waals surface area contributed by atoms with Crippen LogP contribution in [0.5, 0.6) is 0 Å². The van der Waals surface area contributed by atoms with Gasteiger partial charge in [-0.15, -0.1) is 0 Å². The molecule has 0 aromatic carbocycles. The van der Waals surface area contributed by atoms with Gasteiger partial charge in [-0.25, -0.2) is 4.98 Å². The summed E-state index contributed by atoms with van der Waals surface area (Å²) >= 11 is 0. The number of nitrogens with zero attached hydrogens (tertiary/aromatic N) is 2. The molecule has 1 aromatic rings. The molecule has 100 valence electrons. The molecular weight excluding hydrogens is 245 g/mol. The molecule has 3 nitrogen and oxygen atoms in total. The maximum Gasteiger partial charge on any atom is 0.405 e. The van der Waals surface area contributed by atoms with Gasteiger partial charge < -0.3 is 10.0 Å². The Morgan fingerprint density at radius 3 is 2.67 bits per heavy atom. The molecule has 0 saturated heterocycles. The highest BCUT2D eigenvalue weighted by molar-refractivity contribution is 5.44. The van der Waals surface area contributed by atoms with E-state index in [2.05, 4.69) is 4.98 Å². The molecule has 1 unspecified atom stereocenters. The van der Waals surface area contributed by atoms with Crippen molar-refractivity contribution in [2.45, 2.75) is 38.1 Å². The lowest BCUT2D eigenvalue weighted by Gasteiger charge is -2.25. The fraction of sp³-hybridized carbons (Fsp3) is 0.583. The van der Waals surface area contributed by atoms with Gasteiger partial charge in [-0.05, 0) is 37.5 Å². The summed E-state index contributed by atoms with van der Waals surface area (Å²) < 4.78 is 37.6. The van der Waals surface area contributed by atoms with Crippen LogP contribution in [0.25, 0.3) is 0 Å². The van der Waals surface area contributed by atoms with Crippen LogP contribution < -0.4 is 4.90 Å². The lowest BCUT2D eigenvalue weighted by Crippen LogP contribution is -2.36. The number of pyridine rings is 1. The first-order chi connectivity index (χ1) is 8.37.